The van der Waals surface area contributed by atoms with E-state index in [4.69, 9.17) is 0 Å². The van der Waals surface area contributed by atoms with Crippen molar-refractivity contribution in [3.8, 4) is 0 Å². The maximum absolute atomic E-state index is 13.1. The highest BCUT2D eigenvalue weighted by Crippen LogP contribution is 2.43. The molecule has 0 spiro atoms. The Morgan fingerprint density at radius 2 is 1.59 bits per heavy atom. The van der Waals surface area contributed by atoms with Crippen LogP contribution in [-0.4, -0.2) is 17.3 Å². The lowest BCUT2D eigenvalue weighted by Gasteiger charge is -2.36. The number of thioether (sulfide) groups is 1. The Labute approximate surface area is 104 Å². The molecule has 0 bridgehead atoms. The number of rotatable bonds is 2. The quantitative estimate of drug-likeness (QED) is 0.814. The molecule has 1 aromatic carbocycles. The van der Waals surface area contributed by atoms with Crippen molar-refractivity contribution in [1.82, 2.24) is 0 Å². The van der Waals surface area contributed by atoms with Gasteiger partial charge in [0.2, 0.25) is 5.92 Å². The van der Waals surface area contributed by atoms with Crippen molar-refractivity contribution >= 4 is 11.8 Å². The smallest absolute Gasteiger partial charge is 0.248 e. The van der Waals surface area contributed by atoms with Crippen LogP contribution < -0.4 is 0 Å². The van der Waals surface area contributed by atoms with E-state index in [1.54, 1.807) is 11.8 Å². The number of benzene rings is 1. The SMILES string of the molecule is CSc1ccc(C2(O)CCC(F)(F)CC2)cc1. The Morgan fingerprint density at radius 1 is 1.06 bits per heavy atom. The van der Waals surface area contributed by atoms with Gasteiger partial charge < -0.3 is 5.11 Å². The highest BCUT2D eigenvalue weighted by molar-refractivity contribution is 7.98. The molecule has 0 aliphatic heterocycles. The number of hydrogen-bond donors (Lipinski definition) is 1. The Balaban J connectivity index is 2.15. The lowest BCUT2D eigenvalue weighted by atomic mass is 9.78. The van der Waals surface area contributed by atoms with Gasteiger partial charge in [-0.25, -0.2) is 8.78 Å². The molecule has 0 aromatic heterocycles. The third kappa shape index (κ3) is 2.80. The Kier molecular flexibility index (Phi) is 3.46. The van der Waals surface area contributed by atoms with Crippen LogP contribution in [0.4, 0.5) is 8.78 Å². The van der Waals surface area contributed by atoms with Crippen LogP contribution in [0, 0.1) is 0 Å². The number of hydrogen-bond acceptors (Lipinski definition) is 2. The highest BCUT2D eigenvalue weighted by Gasteiger charge is 2.43. The van der Waals surface area contributed by atoms with E-state index in [1.807, 2.05) is 30.5 Å². The zero-order valence-electron chi connectivity index (χ0n) is 9.75. The first-order valence-corrected chi connectivity index (χ1v) is 6.92. The second kappa shape index (κ2) is 4.58. The highest BCUT2D eigenvalue weighted by atomic mass is 32.2. The van der Waals surface area contributed by atoms with Gasteiger partial charge in [0, 0.05) is 17.7 Å². The molecular formula is C13H16F2OS. The van der Waals surface area contributed by atoms with Gasteiger partial charge in [0.05, 0.1) is 5.60 Å². The summed E-state index contributed by atoms with van der Waals surface area (Å²) in [5.74, 6) is -2.61. The van der Waals surface area contributed by atoms with Gasteiger partial charge in [-0.05, 0) is 36.8 Å². The Hall–Kier alpha value is -0.610. The lowest BCUT2D eigenvalue weighted by Crippen LogP contribution is -2.36. The molecular weight excluding hydrogens is 242 g/mol. The van der Waals surface area contributed by atoms with Crippen LogP contribution in [-0.2, 0) is 5.60 Å². The number of aliphatic hydroxyl groups is 1. The molecule has 0 saturated heterocycles. The third-order valence-corrected chi connectivity index (χ3v) is 4.18. The summed E-state index contributed by atoms with van der Waals surface area (Å²) in [6.45, 7) is 0. The molecule has 4 heteroatoms. The van der Waals surface area contributed by atoms with Crippen molar-refractivity contribution in [3.05, 3.63) is 29.8 Å². The molecule has 0 amide bonds. The zero-order chi connectivity index (χ0) is 12.5. The minimum atomic E-state index is -2.61. The average Bonchev–Trinajstić information content (AvgIpc) is 2.34. The van der Waals surface area contributed by atoms with Crippen molar-refractivity contribution in [1.29, 1.82) is 0 Å². The Morgan fingerprint density at radius 3 is 2.06 bits per heavy atom. The molecule has 1 N–H and O–H groups in total. The molecule has 0 unspecified atom stereocenters. The van der Waals surface area contributed by atoms with Gasteiger partial charge in [0.15, 0.2) is 0 Å². The summed E-state index contributed by atoms with van der Waals surface area (Å²) in [5.41, 5.74) is -0.315. The van der Waals surface area contributed by atoms with Crippen molar-refractivity contribution in [2.75, 3.05) is 6.26 Å². The van der Waals surface area contributed by atoms with Crippen molar-refractivity contribution in [2.45, 2.75) is 42.1 Å². The molecule has 0 radical (unpaired) electrons. The van der Waals surface area contributed by atoms with E-state index in [1.165, 1.54) is 0 Å². The minimum Gasteiger partial charge on any atom is -0.385 e. The second-order valence-corrected chi connectivity index (χ2v) is 5.50. The molecule has 17 heavy (non-hydrogen) atoms. The van der Waals surface area contributed by atoms with Crippen molar-refractivity contribution in [3.63, 3.8) is 0 Å². The first-order chi connectivity index (χ1) is 7.95. The predicted octanol–water partition coefficient (Wildman–Crippen LogP) is 3.81. The largest absolute Gasteiger partial charge is 0.385 e. The lowest BCUT2D eigenvalue weighted by molar-refractivity contribution is -0.107. The molecule has 94 valence electrons. The fourth-order valence-corrected chi connectivity index (χ4v) is 2.63. The zero-order valence-corrected chi connectivity index (χ0v) is 10.6. The number of halogens is 2. The van der Waals surface area contributed by atoms with Gasteiger partial charge in [0.25, 0.3) is 0 Å². The van der Waals surface area contributed by atoms with Crippen LogP contribution in [0.1, 0.15) is 31.2 Å². The van der Waals surface area contributed by atoms with E-state index in [2.05, 4.69) is 0 Å². The fraction of sp³-hybridized carbons (Fsp3) is 0.538. The summed E-state index contributed by atoms with van der Waals surface area (Å²) in [7, 11) is 0. The topological polar surface area (TPSA) is 20.2 Å². The van der Waals surface area contributed by atoms with Crippen LogP contribution in [0.3, 0.4) is 0 Å². The van der Waals surface area contributed by atoms with Crippen LogP contribution in [0.25, 0.3) is 0 Å². The molecule has 1 aliphatic carbocycles. The standard InChI is InChI=1S/C13H16F2OS/c1-17-11-4-2-10(3-5-11)12(16)6-8-13(14,15)9-7-12/h2-5,16H,6-9H2,1H3. The average molecular weight is 258 g/mol. The van der Waals surface area contributed by atoms with Gasteiger partial charge in [0.1, 0.15) is 0 Å². The van der Waals surface area contributed by atoms with Crippen LogP contribution in [0.5, 0.6) is 0 Å². The second-order valence-electron chi connectivity index (χ2n) is 4.62. The molecule has 1 fully saturated rings. The van der Waals surface area contributed by atoms with Crippen LogP contribution >= 0.6 is 11.8 Å². The number of alkyl halides is 2. The van der Waals surface area contributed by atoms with Gasteiger partial charge in [-0.3, -0.25) is 0 Å². The van der Waals surface area contributed by atoms with E-state index in [0.29, 0.717) is 0 Å². The first-order valence-electron chi connectivity index (χ1n) is 5.70. The summed E-state index contributed by atoms with van der Waals surface area (Å²) in [6, 6.07) is 7.53. The monoisotopic (exact) mass is 258 g/mol. The summed E-state index contributed by atoms with van der Waals surface area (Å²) in [5, 5.41) is 10.4. The van der Waals surface area contributed by atoms with Crippen LogP contribution in [0.15, 0.2) is 29.2 Å². The van der Waals surface area contributed by atoms with Crippen molar-refractivity contribution < 1.29 is 13.9 Å². The predicted molar refractivity (Wildman–Crippen MR) is 65.5 cm³/mol. The van der Waals surface area contributed by atoms with Gasteiger partial charge >= 0.3 is 0 Å². The van der Waals surface area contributed by atoms with E-state index >= 15 is 0 Å². The fourth-order valence-electron chi connectivity index (χ4n) is 2.22. The maximum Gasteiger partial charge on any atom is 0.248 e. The molecule has 1 saturated carbocycles. The molecule has 0 atom stereocenters. The summed E-state index contributed by atoms with van der Waals surface area (Å²) < 4.78 is 26.1. The summed E-state index contributed by atoms with van der Waals surface area (Å²) in [6.07, 6.45) is 1.80. The molecule has 1 aliphatic rings. The molecule has 1 aromatic rings. The van der Waals surface area contributed by atoms with E-state index in [9.17, 15) is 13.9 Å². The first kappa shape index (κ1) is 12.8. The maximum atomic E-state index is 13.1. The van der Waals surface area contributed by atoms with E-state index < -0.39 is 11.5 Å². The third-order valence-electron chi connectivity index (χ3n) is 3.44. The van der Waals surface area contributed by atoms with Gasteiger partial charge in [-0.2, -0.15) is 0 Å². The van der Waals surface area contributed by atoms with Gasteiger partial charge in [-0.1, -0.05) is 12.1 Å². The van der Waals surface area contributed by atoms with Crippen LogP contribution in [0.2, 0.25) is 0 Å². The molecule has 0 heterocycles. The summed E-state index contributed by atoms with van der Waals surface area (Å²) in [4.78, 5) is 1.11. The van der Waals surface area contributed by atoms with E-state index in [-0.39, 0.29) is 25.7 Å². The van der Waals surface area contributed by atoms with Gasteiger partial charge in [-0.15, -0.1) is 11.8 Å². The molecule has 1 nitrogen and oxygen atoms in total. The normalized spacial score (nSPS) is 22.4. The molecule has 2 rings (SSSR count). The summed E-state index contributed by atoms with van der Waals surface area (Å²) >= 11 is 1.62. The Bertz CT molecular complexity index is 379. The van der Waals surface area contributed by atoms with E-state index in [0.717, 1.165) is 10.5 Å². The van der Waals surface area contributed by atoms with Crippen molar-refractivity contribution in [2.24, 2.45) is 0 Å². The minimum absolute atomic E-state index is 0.138.